The SMILES string of the molecule is CCNCc1cc(CN(C)C2CCN(C)CC2)on1. The first kappa shape index (κ1) is 14.5. The van der Waals surface area contributed by atoms with Gasteiger partial charge in [-0.3, -0.25) is 4.90 Å². The summed E-state index contributed by atoms with van der Waals surface area (Å²) in [7, 11) is 4.38. The van der Waals surface area contributed by atoms with E-state index in [0.29, 0.717) is 6.04 Å². The molecule has 5 heteroatoms. The number of nitrogens with one attached hydrogen (secondary N) is 1. The molecule has 1 aromatic rings. The van der Waals surface area contributed by atoms with Crippen molar-refractivity contribution < 1.29 is 4.52 Å². The lowest BCUT2D eigenvalue weighted by Gasteiger charge is -2.34. The van der Waals surface area contributed by atoms with Gasteiger partial charge in [0.05, 0.1) is 12.2 Å². The Kier molecular flexibility index (Phi) is 5.36. The summed E-state index contributed by atoms with van der Waals surface area (Å²) in [6, 6.07) is 2.73. The molecule has 1 N–H and O–H groups in total. The summed E-state index contributed by atoms with van der Waals surface area (Å²) in [5.41, 5.74) is 0.994. The topological polar surface area (TPSA) is 44.5 Å². The molecule has 1 aromatic heterocycles. The molecule has 0 aliphatic carbocycles. The predicted molar refractivity (Wildman–Crippen MR) is 75.9 cm³/mol. The molecule has 1 fully saturated rings. The van der Waals surface area contributed by atoms with E-state index in [-0.39, 0.29) is 0 Å². The lowest BCUT2D eigenvalue weighted by Crippen LogP contribution is -2.41. The maximum Gasteiger partial charge on any atom is 0.151 e. The molecule has 1 aliphatic rings. The quantitative estimate of drug-likeness (QED) is 0.841. The third kappa shape index (κ3) is 4.30. The van der Waals surface area contributed by atoms with Gasteiger partial charge in [0.2, 0.25) is 0 Å². The average molecular weight is 266 g/mol. The Morgan fingerprint density at radius 1 is 1.47 bits per heavy atom. The Morgan fingerprint density at radius 3 is 2.89 bits per heavy atom. The van der Waals surface area contributed by atoms with E-state index in [1.165, 1.54) is 25.9 Å². The van der Waals surface area contributed by atoms with E-state index in [1.54, 1.807) is 0 Å². The largest absolute Gasteiger partial charge is 0.360 e. The highest BCUT2D eigenvalue weighted by Gasteiger charge is 2.21. The van der Waals surface area contributed by atoms with Gasteiger partial charge in [-0.1, -0.05) is 12.1 Å². The third-order valence-corrected chi connectivity index (χ3v) is 3.88. The van der Waals surface area contributed by atoms with Gasteiger partial charge in [0.25, 0.3) is 0 Å². The zero-order chi connectivity index (χ0) is 13.7. The molecule has 2 heterocycles. The maximum atomic E-state index is 5.40. The minimum absolute atomic E-state index is 0.665. The minimum Gasteiger partial charge on any atom is -0.360 e. The molecule has 0 aromatic carbocycles. The Morgan fingerprint density at radius 2 is 2.21 bits per heavy atom. The monoisotopic (exact) mass is 266 g/mol. The Bertz CT molecular complexity index is 371. The van der Waals surface area contributed by atoms with Crippen molar-refractivity contribution in [3.63, 3.8) is 0 Å². The van der Waals surface area contributed by atoms with Crippen LogP contribution in [0.1, 0.15) is 31.2 Å². The molecule has 0 bridgehead atoms. The fourth-order valence-electron chi connectivity index (χ4n) is 2.58. The lowest BCUT2D eigenvalue weighted by atomic mass is 10.0. The highest BCUT2D eigenvalue weighted by molar-refractivity contribution is 5.05. The average Bonchev–Trinajstić information content (AvgIpc) is 2.84. The first-order valence-electron chi connectivity index (χ1n) is 7.23. The second kappa shape index (κ2) is 7.03. The second-order valence-corrected chi connectivity index (χ2v) is 5.51. The van der Waals surface area contributed by atoms with E-state index < -0.39 is 0 Å². The van der Waals surface area contributed by atoms with Crippen molar-refractivity contribution in [2.45, 2.75) is 38.9 Å². The van der Waals surface area contributed by atoms with E-state index >= 15 is 0 Å². The standard InChI is InChI=1S/C14H26N4O/c1-4-15-10-12-9-14(19-16-12)11-18(3)13-5-7-17(2)8-6-13/h9,13,15H,4-8,10-11H2,1-3H3. The van der Waals surface area contributed by atoms with E-state index in [0.717, 1.165) is 31.1 Å². The summed E-state index contributed by atoms with van der Waals surface area (Å²) in [5, 5.41) is 7.35. The smallest absolute Gasteiger partial charge is 0.151 e. The van der Waals surface area contributed by atoms with E-state index in [1.807, 2.05) is 0 Å². The van der Waals surface area contributed by atoms with Crippen LogP contribution >= 0.6 is 0 Å². The number of rotatable bonds is 6. The maximum absolute atomic E-state index is 5.40. The predicted octanol–water partition coefficient (Wildman–Crippen LogP) is 1.31. The van der Waals surface area contributed by atoms with Crippen LogP contribution < -0.4 is 5.32 Å². The lowest BCUT2D eigenvalue weighted by molar-refractivity contribution is 0.130. The highest BCUT2D eigenvalue weighted by atomic mass is 16.5. The van der Waals surface area contributed by atoms with Gasteiger partial charge in [-0.25, -0.2) is 0 Å². The van der Waals surface area contributed by atoms with Crippen molar-refractivity contribution in [3.8, 4) is 0 Å². The molecular weight excluding hydrogens is 240 g/mol. The molecule has 19 heavy (non-hydrogen) atoms. The van der Waals surface area contributed by atoms with Crippen LogP contribution in [-0.2, 0) is 13.1 Å². The fourth-order valence-corrected chi connectivity index (χ4v) is 2.58. The zero-order valence-electron chi connectivity index (χ0n) is 12.4. The molecule has 0 radical (unpaired) electrons. The van der Waals surface area contributed by atoms with E-state index in [4.69, 9.17) is 4.52 Å². The van der Waals surface area contributed by atoms with E-state index in [2.05, 4.69) is 47.4 Å². The van der Waals surface area contributed by atoms with Crippen LogP contribution in [0.4, 0.5) is 0 Å². The van der Waals surface area contributed by atoms with Crippen LogP contribution in [-0.4, -0.2) is 54.7 Å². The van der Waals surface area contributed by atoms with Gasteiger partial charge in [0, 0.05) is 18.7 Å². The van der Waals surface area contributed by atoms with Gasteiger partial charge in [-0.15, -0.1) is 0 Å². The molecule has 1 saturated heterocycles. The molecule has 0 saturated carbocycles. The van der Waals surface area contributed by atoms with E-state index in [9.17, 15) is 0 Å². The van der Waals surface area contributed by atoms with Gasteiger partial charge in [0.15, 0.2) is 5.76 Å². The molecule has 2 rings (SSSR count). The summed E-state index contributed by atoms with van der Waals surface area (Å²) in [5.74, 6) is 0.967. The van der Waals surface area contributed by atoms with Crippen LogP contribution in [0.5, 0.6) is 0 Å². The number of nitrogens with zero attached hydrogens (tertiary/aromatic N) is 3. The molecule has 0 amide bonds. The number of likely N-dealkylation sites (tertiary alicyclic amines) is 1. The van der Waals surface area contributed by atoms with Crippen molar-refractivity contribution in [3.05, 3.63) is 17.5 Å². The van der Waals surface area contributed by atoms with Gasteiger partial charge in [-0.05, 0) is 46.6 Å². The van der Waals surface area contributed by atoms with Crippen molar-refractivity contribution in [1.29, 1.82) is 0 Å². The molecule has 108 valence electrons. The Hall–Kier alpha value is -0.910. The summed E-state index contributed by atoms with van der Waals surface area (Å²) in [4.78, 5) is 4.79. The van der Waals surface area contributed by atoms with Crippen molar-refractivity contribution >= 4 is 0 Å². The summed E-state index contributed by atoms with van der Waals surface area (Å²) >= 11 is 0. The van der Waals surface area contributed by atoms with Crippen LogP contribution in [0, 0.1) is 0 Å². The molecule has 0 unspecified atom stereocenters. The Labute approximate surface area is 115 Å². The number of aromatic nitrogens is 1. The van der Waals surface area contributed by atoms with Crippen LogP contribution in [0.2, 0.25) is 0 Å². The summed E-state index contributed by atoms with van der Waals surface area (Å²) in [6.45, 7) is 7.08. The van der Waals surface area contributed by atoms with Gasteiger partial charge in [-0.2, -0.15) is 0 Å². The first-order valence-corrected chi connectivity index (χ1v) is 7.23. The van der Waals surface area contributed by atoms with Crippen LogP contribution in [0.15, 0.2) is 10.6 Å². The molecule has 0 spiro atoms. The van der Waals surface area contributed by atoms with Crippen molar-refractivity contribution in [1.82, 2.24) is 20.3 Å². The van der Waals surface area contributed by atoms with Crippen LogP contribution in [0.25, 0.3) is 0 Å². The molecule has 0 atom stereocenters. The fraction of sp³-hybridized carbons (Fsp3) is 0.786. The summed E-state index contributed by atoms with van der Waals surface area (Å²) < 4.78 is 5.40. The molecular formula is C14H26N4O. The van der Waals surface area contributed by atoms with Crippen molar-refractivity contribution in [2.24, 2.45) is 0 Å². The molecule has 5 nitrogen and oxygen atoms in total. The van der Waals surface area contributed by atoms with Crippen molar-refractivity contribution in [2.75, 3.05) is 33.7 Å². The molecule has 1 aliphatic heterocycles. The third-order valence-electron chi connectivity index (χ3n) is 3.88. The van der Waals surface area contributed by atoms with Gasteiger partial charge < -0.3 is 14.7 Å². The summed E-state index contributed by atoms with van der Waals surface area (Å²) in [6.07, 6.45) is 2.48. The second-order valence-electron chi connectivity index (χ2n) is 5.51. The van der Waals surface area contributed by atoms with Crippen LogP contribution in [0.3, 0.4) is 0 Å². The normalized spacial score (nSPS) is 18.3. The number of piperidine rings is 1. The Balaban J connectivity index is 1.81. The van der Waals surface area contributed by atoms with Gasteiger partial charge >= 0.3 is 0 Å². The number of hydrogen-bond donors (Lipinski definition) is 1. The minimum atomic E-state index is 0.665. The zero-order valence-corrected chi connectivity index (χ0v) is 12.4. The van der Waals surface area contributed by atoms with Gasteiger partial charge in [0.1, 0.15) is 0 Å². The first-order chi connectivity index (χ1) is 9.19. The highest BCUT2D eigenvalue weighted by Crippen LogP contribution is 2.16. The number of hydrogen-bond acceptors (Lipinski definition) is 5.